The van der Waals surface area contributed by atoms with E-state index >= 15 is 0 Å². The number of thioether (sulfide) groups is 1. The van der Waals surface area contributed by atoms with E-state index in [2.05, 4.69) is 6.07 Å². The van der Waals surface area contributed by atoms with Crippen molar-refractivity contribution >= 4 is 11.8 Å². The van der Waals surface area contributed by atoms with Crippen molar-refractivity contribution in [1.82, 2.24) is 0 Å². The average molecular weight is 160 g/mol. The number of ether oxygens (including phenoxy) is 1. The summed E-state index contributed by atoms with van der Waals surface area (Å²) in [6.45, 7) is 0. The van der Waals surface area contributed by atoms with Gasteiger partial charge in [-0.3, -0.25) is 0 Å². The maximum absolute atomic E-state index is 4.89. The smallest absolute Gasteiger partial charge is 0.374 e. The van der Waals surface area contributed by atoms with Crippen molar-refractivity contribution in [2.45, 2.75) is 4.90 Å². The Morgan fingerprint density at radius 2 is 2.36 bits per heavy atom. The van der Waals surface area contributed by atoms with Gasteiger partial charge in [-0.15, -0.1) is 16.7 Å². The van der Waals surface area contributed by atoms with Gasteiger partial charge >= 0.3 is 18.9 Å². The molecule has 0 atom stereocenters. The summed E-state index contributed by atoms with van der Waals surface area (Å²) < 4.78 is 4.89. The molecule has 0 fully saturated rings. The van der Waals surface area contributed by atoms with E-state index in [9.17, 15) is 0 Å². The SMILES string of the molecule is COCSc1[c-]cccc1.[Li+]. The topological polar surface area (TPSA) is 9.23 Å². The van der Waals surface area contributed by atoms with Gasteiger partial charge in [0.15, 0.2) is 0 Å². The van der Waals surface area contributed by atoms with E-state index in [4.69, 9.17) is 4.74 Å². The molecule has 0 aliphatic rings. The summed E-state index contributed by atoms with van der Waals surface area (Å²) in [7, 11) is 1.69. The Morgan fingerprint density at radius 1 is 1.55 bits per heavy atom. The number of hydrogen-bond donors (Lipinski definition) is 0. The minimum absolute atomic E-state index is 0. The second-order valence-corrected chi connectivity index (χ2v) is 2.74. The van der Waals surface area contributed by atoms with E-state index < -0.39 is 0 Å². The van der Waals surface area contributed by atoms with Crippen LogP contribution in [0.25, 0.3) is 0 Å². The fourth-order valence-corrected chi connectivity index (χ4v) is 1.16. The molecule has 1 aromatic carbocycles. The minimum atomic E-state index is 0. The largest absolute Gasteiger partial charge is 1.00 e. The summed E-state index contributed by atoms with van der Waals surface area (Å²) in [5.41, 5.74) is 0. The van der Waals surface area contributed by atoms with Crippen LogP contribution in [0.5, 0.6) is 0 Å². The zero-order valence-electron chi connectivity index (χ0n) is 6.83. The molecule has 0 saturated heterocycles. The summed E-state index contributed by atoms with van der Waals surface area (Å²) in [4.78, 5) is 1.13. The normalized spacial score (nSPS) is 8.82. The fourth-order valence-electron chi connectivity index (χ4n) is 0.589. The quantitative estimate of drug-likeness (QED) is 0.247. The Hall–Kier alpha value is 0.127. The average Bonchev–Trinajstić information content (AvgIpc) is 2.03. The van der Waals surface area contributed by atoms with Crippen LogP contribution in [0.1, 0.15) is 0 Å². The maximum atomic E-state index is 4.89. The summed E-state index contributed by atoms with van der Waals surface area (Å²) >= 11 is 1.64. The van der Waals surface area contributed by atoms with E-state index in [1.165, 1.54) is 0 Å². The number of rotatable bonds is 3. The standard InChI is InChI=1S/C8H9OS.Li/c1-9-7-10-8-5-3-2-4-6-8;/h2-5H,7H2,1H3;/q-1;+1. The zero-order valence-corrected chi connectivity index (χ0v) is 7.65. The van der Waals surface area contributed by atoms with Crippen LogP contribution in [0.2, 0.25) is 0 Å². The van der Waals surface area contributed by atoms with E-state index in [-0.39, 0.29) is 18.9 Å². The van der Waals surface area contributed by atoms with Crippen molar-refractivity contribution in [2.75, 3.05) is 13.0 Å². The Morgan fingerprint density at radius 3 is 2.91 bits per heavy atom. The Labute approximate surface area is 83.7 Å². The number of benzene rings is 1. The van der Waals surface area contributed by atoms with E-state index in [0.29, 0.717) is 5.94 Å². The van der Waals surface area contributed by atoms with E-state index in [0.717, 1.165) is 4.90 Å². The fraction of sp³-hybridized carbons (Fsp3) is 0.250. The third-order valence-electron chi connectivity index (χ3n) is 1.01. The molecular formula is C8H9LiOS. The first-order valence-corrected chi connectivity index (χ1v) is 4.00. The third kappa shape index (κ3) is 4.55. The molecule has 0 aromatic heterocycles. The van der Waals surface area contributed by atoms with Gasteiger partial charge in [0.05, 0.1) is 5.94 Å². The van der Waals surface area contributed by atoms with Crippen LogP contribution in [-0.4, -0.2) is 13.0 Å². The molecule has 1 aromatic rings. The van der Waals surface area contributed by atoms with Crippen molar-refractivity contribution in [3.63, 3.8) is 0 Å². The van der Waals surface area contributed by atoms with Crippen molar-refractivity contribution < 1.29 is 23.6 Å². The molecule has 11 heavy (non-hydrogen) atoms. The first kappa shape index (κ1) is 11.1. The first-order chi connectivity index (χ1) is 4.93. The van der Waals surface area contributed by atoms with Gasteiger partial charge in [-0.05, 0) is 0 Å². The summed E-state index contributed by atoms with van der Waals surface area (Å²) in [6, 6.07) is 11.0. The molecule has 0 radical (unpaired) electrons. The molecule has 0 N–H and O–H groups in total. The molecular weight excluding hydrogens is 151 g/mol. The van der Waals surface area contributed by atoms with Crippen LogP contribution in [0.15, 0.2) is 29.2 Å². The van der Waals surface area contributed by atoms with Crippen molar-refractivity contribution in [3.05, 3.63) is 30.3 Å². The second kappa shape index (κ2) is 6.81. The van der Waals surface area contributed by atoms with Gasteiger partial charge in [-0.1, -0.05) is 0 Å². The van der Waals surface area contributed by atoms with Crippen LogP contribution in [-0.2, 0) is 4.74 Å². The minimum Gasteiger partial charge on any atom is -0.374 e. The monoisotopic (exact) mass is 160 g/mol. The van der Waals surface area contributed by atoms with Crippen molar-refractivity contribution in [3.8, 4) is 0 Å². The summed E-state index contributed by atoms with van der Waals surface area (Å²) in [5.74, 6) is 0.695. The van der Waals surface area contributed by atoms with Gasteiger partial charge in [-0.2, -0.15) is 30.3 Å². The summed E-state index contributed by atoms with van der Waals surface area (Å²) in [6.07, 6.45) is 0. The molecule has 0 unspecified atom stereocenters. The zero-order chi connectivity index (χ0) is 7.23. The van der Waals surface area contributed by atoms with Gasteiger partial charge in [0, 0.05) is 7.11 Å². The van der Waals surface area contributed by atoms with Crippen LogP contribution < -0.4 is 18.9 Å². The molecule has 1 rings (SSSR count). The molecule has 0 heterocycles. The first-order valence-electron chi connectivity index (χ1n) is 3.02. The van der Waals surface area contributed by atoms with Crippen LogP contribution in [0, 0.1) is 6.07 Å². The van der Waals surface area contributed by atoms with Gasteiger partial charge in [0.25, 0.3) is 0 Å². The predicted molar refractivity (Wildman–Crippen MR) is 43.0 cm³/mol. The van der Waals surface area contributed by atoms with Crippen LogP contribution >= 0.6 is 11.8 Å². The molecule has 0 aliphatic heterocycles. The Balaban J connectivity index is 0.000001000. The molecule has 0 bridgehead atoms. The second-order valence-electron chi connectivity index (χ2n) is 1.78. The Kier molecular flexibility index (Phi) is 6.89. The van der Waals surface area contributed by atoms with Crippen molar-refractivity contribution in [1.29, 1.82) is 0 Å². The number of methoxy groups -OCH3 is 1. The van der Waals surface area contributed by atoms with Crippen molar-refractivity contribution in [2.24, 2.45) is 0 Å². The molecule has 0 spiro atoms. The number of hydrogen-bond acceptors (Lipinski definition) is 2. The van der Waals surface area contributed by atoms with Gasteiger partial charge in [-0.25, -0.2) is 0 Å². The van der Waals surface area contributed by atoms with Gasteiger partial charge < -0.3 is 4.74 Å². The molecule has 0 saturated carbocycles. The van der Waals surface area contributed by atoms with E-state index in [1.54, 1.807) is 18.9 Å². The molecule has 0 amide bonds. The van der Waals surface area contributed by atoms with Crippen LogP contribution in [0.3, 0.4) is 0 Å². The molecule has 1 nitrogen and oxygen atoms in total. The van der Waals surface area contributed by atoms with E-state index in [1.807, 2.05) is 24.3 Å². The summed E-state index contributed by atoms with van der Waals surface area (Å²) in [5, 5.41) is 0. The maximum Gasteiger partial charge on any atom is 1.00 e. The van der Waals surface area contributed by atoms with Gasteiger partial charge in [0.2, 0.25) is 0 Å². The third-order valence-corrected chi connectivity index (χ3v) is 1.93. The molecule has 0 aliphatic carbocycles. The predicted octanol–water partition coefficient (Wildman–Crippen LogP) is -0.813. The molecule has 3 heteroatoms. The molecule has 54 valence electrons. The Bertz CT molecular complexity index is 179. The van der Waals surface area contributed by atoms with Crippen LogP contribution in [0.4, 0.5) is 0 Å². The van der Waals surface area contributed by atoms with Gasteiger partial charge in [0.1, 0.15) is 0 Å².